The fourth-order valence-corrected chi connectivity index (χ4v) is 4.91. The number of thiophene rings is 1. The van der Waals surface area contributed by atoms with Gasteiger partial charge in [0, 0.05) is 10.4 Å². The molecule has 0 radical (unpaired) electrons. The molecule has 35 heavy (non-hydrogen) atoms. The summed E-state index contributed by atoms with van der Waals surface area (Å²) in [6, 6.07) is 15.3. The number of amides is 1. The second kappa shape index (κ2) is 8.80. The van der Waals surface area contributed by atoms with Crippen molar-refractivity contribution < 1.29 is 18.8 Å². The zero-order valence-corrected chi connectivity index (χ0v) is 20.3. The second-order valence-corrected chi connectivity index (χ2v) is 9.17. The summed E-state index contributed by atoms with van der Waals surface area (Å²) in [7, 11) is 1.31. The number of rotatable bonds is 5. The summed E-state index contributed by atoms with van der Waals surface area (Å²) in [6.45, 7) is 5.46. The van der Waals surface area contributed by atoms with E-state index in [1.54, 1.807) is 11.6 Å². The molecule has 0 fully saturated rings. The summed E-state index contributed by atoms with van der Waals surface area (Å²) in [5, 5.41) is 16.5. The van der Waals surface area contributed by atoms with Crippen LogP contribution < -0.4 is 5.32 Å². The smallest absolute Gasteiger partial charge is 0.341 e. The Morgan fingerprint density at radius 3 is 2.60 bits per heavy atom. The number of fused-ring (bicyclic) bond motifs is 1. The number of nitrogens with zero attached hydrogens (tertiary/aromatic N) is 4. The van der Waals surface area contributed by atoms with Gasteiger partial charge in [0.15, 0.2) is 11.5 Å². The molecule has 0 unspecified atom stereocenters. The number of hydrogen-bond acceptors (Lipinski definition) is 8. The lowest BCUT2D eigenvalue weighted by Gasteiger charge is -2.06. The van der Waals surface area contributed by atoms with E-state index in [-0.39, 0.29) is 5.69 Å². The highest BCUT2D eigenvalue weighted by Gasteiger charge is 2.25. The number of carbonyl (C=O) groups excluding carboxylic acids is 2. The molecule has 0 spiro atoms. The van der Waals surface area contributed by atoms with Crippen LogP contribution in [-0.4, -0.2) is 39.1 Å². The first-order valence-electron chi connectivity index (χ1n) is 10.8. The predicted molar refractivity (Wildman–Crippen MR) is 132 cm³/mol. The molecule has 3 heterocycles. The van der Waals surface area contributed by atoms with Crippen LogP contribution in [0.15, 0.2) is 53.1 Å². The molecule has 5 rings (SSSR count). The monoisotopic (exact) mass is 487 g/mol. The zero-order valence-electron chi connectivity index (χ0n) is 19.4. The number of methoxy groups -OCH3 is 1. The number of esters is 1. The lowest BCUT2D eigenvalue weighted by atomic mass is 10.1. The molecule has 0 saturated heterocycles. The number of ether oxygens (including phenoxy) is 1. The van der Waals surface area contributed by atoms with E-state index in [0.29, 0.717) is 33.2 Å². The van der Waals surface area contributed by atoms with E-state index >= 15 is 0 Å². The third-order valence-corrected chi connectivity index (χ3v) is 6.97. The van der Waals surface area contributed by atoms with Gasteiger partial charge >= 0.3 is 5.97 Å². The maximum atomic E-state index is 13.1. The van der Waals surface area contributed by atoms with Crippen molar-refractivity contribution in [2.75, 3.05) is 12.4 Å². The lowest BCUT2D eigenvalue weighted by molar-refractivity contribution is 0.0601. The van der Waals surface area contributed by atoms with Crippen LogP contribution in [0.5, 0.6) is 0 Å². The Hall–Kier alpha value is -4.31. The average Bonchev–Trinajstić information content (AvgIpc) is 3.54. The van der Waals surface area contributed by atoms with Gasteiger partial charge in [0.25, 0.3) is 5.91 Å². The van der Waals surface area contributed by atoms with Gasteiger partial charge < -0.3 is 14.6 Å². The first-order chi connectivity index (χ1) is 16.9. The maximum Gasteiger partial charge on any atom is 0.341 e. The summed E-state index contributed by atoms with van der Waals surface area (Å²) in [6.07, 6.45) is 0. The molecular formula is C25H21N5O4S. The van der Waals surface area contributed by atoms with Gasteiger partial charge in [-0.15, -0.1) is 16.4 Å². The maximum absolute atomic E-state index is 13.1. The number of anilines is 1. The van der Waals surface area contributed by atoms with Crippen molar-refractivity contribution in [3.8, 4) is 17.0 Å². The van der Waals surface area contributed by atoms with Crippen LogP contribution in [0.4, 0.5) is 5.00 Å². The highest BCUT2D eigenvalue weighted by molar-refractivity contribution is 7.16. The summed E-state index contributed by atoms with van der Waals surface area (Å²) >= 11 is 1.31. The molecule has 9 nitrogen and oxygen atoms in total. The number of nitrogens with one attached hydrogen (secondary N) is 1. The van der Waals surface area contributed by atoms with E-state index in [1.807, 2.05) is 62.4 Å². The van der Waals surface area contributed by atoms with Gasteiger partial charge in [-0.3, -0.25) is 4.79 Å². The van der Waals surface area contributed by atoms with E-state index in [9.17, 15) is 9.59 Å². The fourth-order valence-electron chi connectivity index (χ4n) is 3.87. The van der Waals surface area contributed by atoms with Gasteiger partial charge in [-0.2, -0.15) is 0 Å². The SMILES string of the molecule is COC(=O)c1c(NC(=O)c2nnn(-c3ccc4noc(-c5ccccc5)c4c3)c2C)sc(C)c1C. The molecule has 1 N–H and O–H groups in total. The molecule has 3 aromatic heterocycles. The fraction of sp³-hybridized carbons (Fsp3) is 0.160. The molecule has 5 aromatic rings. The predicted octanol–water partition coefficient (Wildman–Crippen LogP) is 5.10. The third-order valence-electron chi connectivity index (χ3n) is 5.85. The van der Waals surface area contributed by atoms with Gasteiger partial charge in [-0.25, -0.2) is 9.48 Å². The third kappa shape index (κ3) is 3.87. The normalized spacial score (nSPS) is 11.1. The molecular weight excluding hydrogens is 466 g/mol. The molecule has 0 saturated carbocycles. The van der Waals surface area contributed by atoms with Crippen molar-refractivity contribution in [3.05, 3.63) is 75.9 Å². The number of hydrogen-bond donors (Lipinski definition) is 1. The van der Waals surface area contributed by atoms with Crippen LogP contribution in [0.25, 0.3) is 27.9 Å². The Morgan fingerprint density at radius 1 is 1.09 bits per heavy atom. The van der Waals surface area contributed by atoms with Crippen molar-refractivity contribution >= 4 is 39.1 Å². The Balaban J connectivity index is 1.48. The molecule has 1 amide bonds. The number of carbonyl (C=O) groups is 2. The number of aryl methyl sites for hydroxylation is 1. The van der Waals surface area contributed by atoms with Crippen molar-refractivity contribution in [1.82, 2.24) is 20.2 Å². The van der Waals surface area contributed by atoms with Gasteiger partial charge in [0.1, 0.15) is 10.5 Å². The van der Waals surface area contributed by atoms with E-state index in [0.717, 1.165) is 21.4 Å². The largest absolute Gasteiger partial charge is 0.465 e. The summed E-state index contributed by atoms with van der Waals surface area (Å²) in [5.41, 5.74) is 4.14. The number of benzene rings is 2. The minimum absolute atomic E-state index is 0.151. The van der Waals surface area contributed by atoms with Gasteiger partial charge in [-0.05, 0) is 44.5 Å². The Morgan fingerprint density at radius 2 is 1.86 bits per heavy atom. The van der Waals surface area contributed by atoms with Crippen molar-refractivity contribution in [2.45, 2.75) is 20.8 Å². The van der Waals surface area contributed by atoms with Crippen molar-refractivity contribution in [1.29, 1.82) is 0 Å². The van der Waals surface area contributed by atoms with Crippen molar-refractivity contribution in [3.63, 3.8) is 0 Å². The van der Waals surface area contributed by atoms with Gasteiger partial charge in [0.05, 0.1) is 29.4 Å². The van der Waals surface area contributed by atoms with Gasteiger partial charge in [0.2, 0.25) is 0 Å². The first kappa shape index (κ1) is 22.5. The Kier molecular flexibility index (Phi) is 5.65. The highest BCUT2D eigenvalue weighted by Crippen LogP contribution is 2.34. The molecule has 0 aliphatic rings. The molecule has 0 bridgehead atoms. The van der Waals surface area contributed by atoms with E-state index in [1.165, 1.54) is 18.4 Å². The molecule has 0 aliphatic heterocycles. The summed E-state index contributed by atoms with van der Waals surface area (Å²) in [4.78, 5) is 26.2. The molecule has 0 aliphatic carbocycles. The lowest BCUT2D eigenvalue weighted by Crippen LogP contribution is -2.16. The second-order valence-electron chi connectivity index (χ2n) is 7.95. The van der Waals surface area contributed by atoms with E-state index in [2.05, 4.69) is 20.8 Å². The summed E-state index contributed by atoms with van der Waals surface area (Å²) in [5.74, 6) is -0.313. The molecule has 10 heteroatoms. The molecule has 176 valence electrons. The first-order valence-corrected chi connectivity index (χ1v) is 11.6. The summed E-state index contributed by atoms with van der Waals surface area (Å²) < 4.78 is 12.1. The van der Waals surface area contributed by atoms with E-state index in [4.69, 9.17) is 9.26 Å². The minimum Gasteiger partial charge on any atom is -0.465 e. The Labute approximate surface area is 204 Å². The van der Waals surface area contributed by atoms with Crippen LogP contribution in [0.2, 0.25) is 0 Å². The topological polar surface area (TPSA) is 112 Å². The highest BCUT2D eigenvalue weighted by atomic mass is 32.1. The van der Waals surface area contributed by atoms with Gasteiger partial charge in [-0.1, -0.05) is 40.7 Å². The van der Waals surface area contributed by atoms with E-state index < -0.39 is 11.9 Å². The van der Waals surface area contributed by atoms with Crippen LogP contribution >= 0.6 is 11.3 Å². The van der Waals surface area contributed by atoms with Crippen LogP contribution in [0.3, 0.4) is 0 Å². The standard InChI is InChI=1S/C25H21N5O4S/c1-13-15(3)35-24(20(13)25(32)33-4)26-23(31)21-14(2)30(29-27-21)17-10-11-19-18(12-17)22(34-28-19)16-8-6-5-7-9-16/h5-12H,1-4H3,(H,26,31). The minimum atomic E-state index is -0.501. The quantitative estimate of drug-likeness (QED) is 0.343. The Bertz CT molecular complexity index is 1580. The van der Waals surface area contributed by atoms with Crippen molar-refractivity contribution in [2.24, 2.45) is 0 Å². The number of aromatic nitrogens is 4. The average molecular weight is 488 g/mol. The van der Waals surface area contributed by atoms with Crippen LogP contribution in [-0.2, 0) is 4.74 Å². The molecule has 2 aromatic carbocycles. The molecule has 0 atom stereocenters. The zero-order chi connectivity index (χ0) is 24.7. The van der Waals surface area contributed by atoms with Crippen LogP contribution in [0, 0.1) is 20.8 Å². The van der Waals surface area contributed by atoms with Crippen LogP contribution in [0.1, 0.15) is 37.0 Å².